The maximum absolute atomic E-state index is 11.0. The fourth-order valence-electron chi connectivity index (χ4n) is 0.645. The molecule has 0 rings (SSSR count). The van der Waals surface area contributed by atoms with Crippen LogP contribution in [0.5, 0.6) is 0 Å². The molecule has 0 amide bonds. The Bertz CT molecular complexity index is 318. The third-order valence-electron chi connectivity index (χ3n) is 1.47. The normalized spacial score (nSPS) is 9.71. The lowest BCUT2D eigenvalue weighted by Gasteiger charge is -1.99. The number of hydrogen-bond donors (Lipinski definition) is 0. The number of rotatable bonds is 6. The van der Waals surface area contributed by atoms with E-state index in [0.29, 0.717) is 6.61 Å². The lowest BCUT2D eigenvalue weighted by atomic mass is 10.4. The first-order valence-electron chi connectivity index (χ1n) is 4.99. The van der Waals surface area contributed by atoms with Crippen molar-refractivity contribution in [3.63, 3.8) is 0 Å². The van der Waals surface area contributed by atoms with Crippen molar-refractivity contribution < 1.29 is 28.9 Å². The van der Waals surface area contributed by atoms with E-state index in [-0.39, 0.29) is 0 Å². The van der Waals surface area contributed by atoms with Gasteiger partial charge in [-0.2, -0.15) is 0 Å². The molecule has 0 saturated carbocycles. The Kier molecular flexibility index (Phi) is 8.01. The minimum absolute atomic E-state index is 0.292. The van der Waals surface area contributed by atoms with Crippen LogP contribution >= 0.6 is 0 Å². The molecule has 0 saturated heterocycles. The second-order valence-electron chi connectivity index (χ2n) is 2.86. The van der Waals surface area contributed by atoms with Gasteiger partial charge in [-0.25, -0.2) is 24.2 Å². The SMILES string of the molecule is C=CC(=O)OOC(=O)/C=C\C(=O)OCCCC. The minimum Gasteiger partial charge on any atom is -0.463 e. The summed E-state index contributed by atoms with van der Waals surface area (Å²) < 4.78 is 4.72. The van der Waals surface area contributed by atoms with Crippen LogP contribution in [0.15, 0.2) is 24.8 Å². The van der Waals surface area contributed by atoms with Crippen LogP contribution in [0.4, 0.5) is 0 Å². The summed E-state index contributed by atoms with van der Waals surface area (Å²) in [5, 5.41) is 0. The molecule has 0 fully saturated rings. The first-order chi connectivity index (χ1) is 8.10. The number of esters is 1. The van der Waals surface area contributed by atoms with Crippen molar-refractivity contribution in [1.29, 1.82) is 0 Å². The average molecular weight is 242 g/mol. The molecule has 94 valence electrons. The molecule has 17 heavy (non-hydrogen) atoms. The number of carbonyl (C=O) groups is 3. The van der Waals surface area contributed by atoms with Gasteiger partial charge in [0, 0.05) is 18.2 Å². The molecule has 0 unspecified atom stereocenters. The number of carbonyl (C=O) groups excluding carboxylic acids is 3. The predicted octanol–water partition coefficient (Wildman–Crippen LogP) is 1.07. The predicted molar refractivity (Wildman–Crippen MR) is 57.4 cm³/mol. The number of hydrogen-bond acceptors (Lipinski definition) is 6. The van der Waals surface area contributed by atoms with Crippen molar-refractivity contribution in [3.8, 4) is 0 Å². The van der Waals surface area contributed by atoms with Gasteiger partial charge in [0.15, 0.2) is 0 Å². The van der Waals surface area contributed by atoms with E-state index in [1.54, 1.807) is 0 Å². The topological polar surface area (TPSA) is 78.9 Å². The van der Waals surface area contributed by atoms with Crippen LogP contribution in [0.3, 0.4) is 0 Å². The molecule has 0 atom stereocenters. The first-order valence-corrected chi connectivity index (χ1v) is 4.99. The van der Waals surface area contributed by atoms with Crippen LogP contribution in [0, 0.1) is 0 Å². The summed E-state index contributed by atoms with van der Waals surface area (Å²) in [6.45, 7) is 5.34. The third kappa shape index (κ3) is 8.86. The summed E-state index contributed by atoms with van der Waals surface area (Å²) in [6.07, 6.45) is 4.16. The van der Waals surface area contributed by atoms with Crippen molar-refractivity contribution in [1.82, 2.24) is 0 Å². The van der Waals surface area contributed by atoms with Crippen LogP contribution in [0.2, 0.25) is 0 Å². The fourth-order valence-corrected chi connectivity index (χ4v) is 0.645. The highest BCUT2D eigenvalue weighted by atomic mass is 17.2. The van der Waals surface area contributed by atoms with Gasteiger partial charge in [-0.05, 0) is 6.42 Å². The minimum atomic E-state index is -0.993. The van der Waals surface area contributed by atoms with E-state index in [1.165, 1.54) is 0 Å². The Balaban J connectivity index is 3.82. The van der Waals surface area contributed by atoms with Gasteiger partial charge >= 0.3 is 17.9 Å². The highest BCUT2D eigenvalue weighted by Gasteiger charge is 2.04. The van der Waals surface area contributed by atoms with Crippen molar-refractivity contribution in [2.75, 3.05) is 6.61 Å². The lowest BCUT2D eigenvalue weighted by Crippen LogP contribution is -2.08. The van der Waals surface area contributed by atoms with E-state index in [1.807, 2.05) is 6.92 Å². The zero-order chi connectivity index (χ0) is 13.1. The highest BCUT2D eigenvalue weighted by Crippen LogP contribution is 1.91. The van der Waals surface area contributed by atoms with Crippen molar-refractivity contribution in [2.45, 2.75) is 19.8 Å². The zero-order valence-electron chi connectivity index (χ0n) is 9.51. The molecule has 0 aromatic rings. The Hall–Kier alpha value is -2.11. The Labute approximate surface area is 98.8 Å². The zero-order valence-corrected chi connectivity index (χ0v) is 9.51. The smallest absolute Gasteiger partial charge is 0.379 e. The molecule has 0 aliphatic rings. The molecule has 0 aliphatic heterocycles. The monoisotopic (exact) mass is 242 g/mol. The second-order valence-corrected chi connectivity index (χ2v) is 2.86. The van der Waals surface area contributed by atoms with Crippen LogP contribution < -0.4 is 0 Å². The maximum atomic E-state index is 11.0. The largest absolute Gasteiger partial charge is 0.463 e. The van der Waals surface area contributed by atoms with Gasteiger partial charge < -0.3 is 4.74 Å². The molecule has 0 bridgehead atoms. The van der Waals surface area contributed by atoms with Gasteiger partial charge in [-0.15, -0.1) is 0 Å². The van der Waals surface area contributed by atoms with E-state index in [9.17, 15) is 14.4 Å². The van der Waals surface area contributed by atoms with Crippen molar-refractivity contribution in [2.24, 2.45) is 0 Å². The van der Waals surface area contributed by atoms with Crippen LogP contribution in [-0.2, 0) is 28.9 Å². The van der Waals surface area contributed by atoms with Crippen LogP contribution in [0.25, 0.3) is 0 Å². The molecule has 0 aliphatic carbocycles. The molecule has 0 aromatic carbocycles. The van der Waals surface area contributed by atoms with Gasteiger partial charge in [0.05, 0.1) is 6.61 Å². The van der Waals surface area contributed by atoms with Crippen LogP contribution in [0.1, 0.15) is 19.8 Å². The summed E-state index contributed by atoms with van der Waals surface area (Å²) >= 11 is 0. The van der Waals surface area contributed by atoms with E-state index in [2.05, 4.69) is 16.4 Å². The molecule has 0 spiro atoms. The Morgan fingerprint density at radius 1 is 1.06 bits per heavy atom. The van der Waals surface area contributed by atoms with Gasteiger partial charge in [-0.1, -0.05) is 19.9 Å². The highest BCUT2D eigenvalue weighted by molar-refractivity contribution is 5.92. The summed E-state index contributed by atoms with van der Waals surface area (Å²) in [6, 6.07) is 0. The molecule has 0 heterocycles. The van der Waals surface area contributed by atoms with Gasteiger partial charge in [0.2, 0.25) is 0 Å². The molecule has 0 aromatic heterocycles. The second kappa shape index (κ2) is 9.14. The van der Waals surface area contributed by atoms with E-state index >= 15 is 0 Å². The summed E-state index contributed by atoms with van der Waals surface area (Å²) in [5.74, 6) is -2.56. The summed E-state index contributed by atoms with van der Waals surface area (Å²) in [7, 11) is 0. The standard InChI is InChI=1S/C11H14O6/c1-3-5-8-15-10(13)6-7-11(14)17-16-9(12)4-2/h4,6-7H,2-3,5,8H2,1H3/b7-6-. The van der Waals surface area contributed by atoms with Crippen molar-refractivity contribution >= 4 is 17.9 Å². The molecule has 6 nitrogen and oxygen atoms in total. The molecular weight excluding hydrogens is 228 g/mol. The van der Waals surface area contributed by atoms with Crippen molar-refractivity contribution in [3.05, 3.63) is 24.8 Å². The molecule has 0 radical (unpaired) electrons. The summed E-state index contributed by atoms with van der Waals surface area (Å²) in [5.41, 5.74) is 0. The Morgan fingerprint density at radius 2 is 1.65 bits per heavy atom. The number of ether oxygens (including phenoxy) is 1. The molecule has 6 heteroatoms. The Morgan fingerprint density at radius 3 is 2.24 bits per heavy atom. The third-order valence-corrected chi connectivity index (χ3v) is 1.47. The number of unbranched alkanes of at least 4 members (excludes halogenated alkanes) is 1. The molecular formula is C11H14O6. The fraction of sp³-hybridized carbons (Fsp3) is 0.364. The average Bonchev–Trinajstić information content (AvgIpc) is 2.33. The molecule has 0 N–H and O–H groups in total. The van der Waals surface area contributed by atoms with E-state index in [4.69, 9.17) is 4.74 Å². The first kappa shape index (κ1) is 14.9. The quantitative estimate of drug-likeness (QED) is 0.228. The van der Waals surface area contributed by atoms with Gasteiger partial charge in [0.25, 0.3) is 0 Å². The summed E-state index contributed by atoms with van der Waals surface area (Å²) in [4.78, 5) is 40.3. The van der Waals surface area contributed by atoms with Gasteiger partial charge in [-0.3, -0.25) is 0 Å². The maximum Gasteiger partial charge on any atom is 0.379 e. The lowest BCUT2D eigenvalue weighted by molar-refractivity contribution is -0.250. The van der Waals surface area contributed by atoms with Crippen LogP contribution in [-0.4, -0.2) is 24.5 Å². The van der Waals surface area contributed by atoms with Gasteiger partial charge in [0.1, 0.15) is 0 Å². The van der Waals surface area contributed by atoms with E-state index < -0.39 is 17.9 Å². The van der Waals surface area contributed by atoms with E-state index in [0.717, 1.165) is 31.1 Å².